The molecule has 0 amide bonds. The average Bonchev–Trinajstić information content (AvgIpc) is 3.20. The number of pyridine rings is 1. The van der Waals surface area contributed by atoms with Crippen LogP contribution in [0.4, 0.5) is 8.78 Å². The van der Waals surface area contributed by atoms with Gasteiger partial charge in [0.05, 0.1) is 17.5 Å². The minimum atomic E-state index is -0.993. The number of fused-ring (bicyclic) bond motifs is 1. The van der Waals surface area contributed by atoms with E-state index in [4.69, 9.17) is 9.47 Å². The Morgan fingerprint density at radius 3 is 2.52 bits per heavy atom. The maximum absolute atomic E-state index is 14.3. The summed E-state index contributed by atoms with van der Waals surface area (Å²) in [5.74, 6) is -3.38. The molecule has 0 fully saturated rings. The number of aryl methyl sites for hydroxylation is 1. The molecule has 2 heterocycles. The average molecular weight is 478 g/mol. The number of rotatable bonds is 7. The van der Waals surface area contributed by atoms with Crippen molar-refractivity contribution in [1.29, 1.82) is 0 Å². The number of carbonyl (C=O) groups excluding carboxylic acids is 2. The summed E-state index contributed by atoms with van der Waals surface area (Å²) in [6.45, 7) is 6.60. The Bertz CT molecular complexity index is 1260. The van der Waals surface area contributed by atoms with Crippen LogP contribution < -0.4 is 5.43 Å². The Kier molecular flexibility index (Phi) is 7.31. The van der Waals surface area contributed by atoms with E-state index in [9.17, 15) is 23.2 Å². The van der Waals surface area contributed by atoms with E-state index in [-0.39, 0.29) is 48.2 Å². The molecule has 0 atom stereocenters. The van der Waals surface area contributed by atoms with Gasteiger partial charge in [-0.2, -0.15) is 0 Å². The number of ether oxygens (including phenoxy) is 2. The Hall–Kier alpha value is -3.07. The van der Waals surface area contributed by atoms with Gasteiger partial charge in [-0.05, 0) is 52.2 Å². The predicted molar refractivity (Wildman–Crippen MR) is 122 cm³/mol. The van der Waals surface area contributed by atoms with E-state index in [2.05, 4.69) is 0 Å². The number of thiophene rings is 1. The minimum Gasteiger partial charge on any atom is -0.465 e. The first-order valence-electron chi connectivity index (χ1n) is 10.5. The highest BCUT2D eigenvalue weighted by atomic mass is 32.1. The number of benzene rings is 1. The lowest BCUT2D eigenvalue weighted by molar-refractivity contribution is -0.143. The lowest BCUT2D eigenvalue weighted by Gasteiger charge is -2.22. The van der Waals surface area contributed by atoms with Crippen LogP contribution in [0.1, 0.15) is 49.3 Å². The third-order valence-corrected chi connectivity index (χ3v) is 5.61. The van der Waals surface area contributed by atoms with Gasteiger partial charge in [0.2, 0.25) is 5.43 Å². The summed E-state index contributed by atoms with van der Waals surface area (Å²) < 4.78 is 40.1. The monoisotopic (exact) mass is 477 g/mol. The number of aromatic nitrogens is 1. The lowest BCUT2D eigenvalue weighted by atomic mass is 10.0. The van der Waals surface area contributed by atoms with Crippen molar-refractivity contribution in [3.63, 3.8) is 0 Å². The number of esters is 2. The lowest BCUT2D eigenvalue weighted by Crippen LogP contribution is -2.31. The fraction of sp³-hybridized carbons (Fsp3) is 0.375. The van der Waals surface area contributed by atoms with Gasteiger partial charge >= 0.3 is 11.9 Å². The number of carbonyl (C=O) groups is 2. The van der Waals surface area contributed by atoms with Crippen LogP contribution in [0.5, 0.6) is 0 Å². The molecule has 0 aliphatic rings. The Labute approximate surface area is 193 Å². The van der Waals surface area contributed by atoms with Gasteiger partial charge in [-0.1, -0.05) is 12.1 Å². The maximum atomic E-state index is 14.3. The Morgan fingerprint density at radius 1 is 1.12 bits per heavy atom. The Balaban J connectivity index is 2.19. The molecule has 0 saturated carbocycles. The van der Waals surface area contributed by atoms with Gasteiger partial charge in [-0.25, -0.2) is 13.6 Å². The van der Waals surface area contributed by atoms with Crippen molar-refractivity contribution in [3.05, 3.63) is 67.6 Å². The van der Waals surface area contributed by atoms with Crippen molar-refractivity contribution in [1.82, 2.24) is 4.57 Å². The molecule has 9 heteroatoms. The first kappa shape index (κ1) is 24.6. The standard InChI is InChI=1S/C24H25F2NO5S/c1-5-31-19(28)11-27-17(10-9-14-7-6-8-16(25)21(14)26)20(23(30)32-24(2,3)4)22(29)15-12-33-13-18(15)27/h6-8,12-13H,5,9-11H2,1-4H3. The molecule has 1 aromatic carbocycles. The fourth-order valence-electron chi connectivity index (χ4n) is 3.53. The fourth-order valence-corrected chi connectivity index (χ4v) is 4.34. The first-order chi connectivity index (χ1) is 15.5. The summed E-state index contributed by atoms with van der Waals surface area (Å²) >= 11 is 1.25. The molecule has 6 nitrogen and oxygen atoms in total. The SMILES string of the molecule is CCOC(=O)Cn1c(CCc2cccc(F)c2F)c(C(=O)OC(C)(C)C)c(=O)c2cscc21. The molecule has 3 rings (SSSR count). The molecular weight excluding hydrogens is 452 g/mol. The topological polar surface area (TPSA) is 74.6 Å². The van der Waals surface area contributed by atoms with Crippen molar-refractivity contribution in [3.8, 4) is 0 Å². The second-order valence-electron chi connectivity index (χ2n) is 8.43. The summed E-state index contributed by atoms with van der Waals surface area (Å²) in [5.41, 5.74) is -0.875. The van der Waals surface area contributed by atoms with Gasteiger partial charge in [-0.15, -0.1) is 11.3 Å². The second kappa shape index (κ2) is 9.82. The maximum Gasteiger partial charge on any atom is 0.344 e. The summed E-state index contributed by atoms with van der Waals surface area (Å²) in [7, 11) is 0. The third kappa shape index (κ3) is 5.47. The molecule has 33 heavy (non-hydrogen) atoms. The van der Waals surface area contributed by atoms with Crippen molar-refractivity contribution < 1.29 is 27.8 Å². The minimum absolute atomic E-state index is 0.00268. The van der Waals surface area contributed by atoms with Crippen LogP contribution in [0.25, 0.3) is 10.9 Å². The highest BCUT2D eigenvalue weighted by Crippen LogP contribution is 2.24. The molecule has 0 radical (unpaired) electrons. The van der Waals surface area contributed by atoms with Gasteiger partial charge < -0.3 is 14.0 Å². The number of halogens is 2. The Morgan fingerprint density at radius 2 is 1.85 bits per heavy atom. The van der Waals surface area contributed by atoms with E-state index < -0.39 is 34.6 Å². The smallest absolute Gasteiger partial charge is 0.344 e. The zero-order valence-electron chi connectivity index (χ0n) is 18.9. The van der Waals surface area contributed by atoms with Crippen LogP contribution in [0.2, 0.25) is 0 Å². The van der Waals surface area contributed by atoms with Crippen LogP contribution in [0.15, 0.2) is 33.8 Å². The quantitative estimate of drug-likeness (QED) is 0.464. The van der Waals surface area contributed by atoms with E-state index in [1.165, 1.54) is 28.0 Å². The normalized spacial score (nSPS) is 11.6. The molecule has 3 aromatic rings. The van der Waals surface area contributed by atoms with Crippen molar-refractivity contribution >= 4 is 34.2 Å². The number of hydrogen-bond donors (Lipinski definition) is 0. The summed E-state index contributed by atoms with van der Waals surface area (Å²) in [5, 5.41) is 3.57. The molecule has 0 aliphatic carbocycles. The van der Waals surface area contributed by atoms with Crippen molar-refractivity contribution in [2.24, 2.45) is 0 Å². The zero-order valence-corrected chi connectivity index (χ0v) is 19.7. The van der Waals surface area contributed by atoms with E-state index in [0.717, 1.165) is 6.07 Å². The van der Waals surface area contributed by atoms with Crippen LogP contribution in [0.3, 0.4) is 0 Å². The van der Waals surface area contributed by atoms with Crippen molar-refractivity contribution in [2.75, 3.05) is 6.61 Å². The molecule has 0 spiro atoms. The molecular formula is C24H25F2NO5S. The van der Waals surface area contributed by atoms with Crippen LogP contribution in [-0.2, 0) is 33.7 Å². The van der Waals surface area contributed by atoms with E-state index in [0.29, 0.717) is 5.52 Å². The molecule has 0 saturated heterocycles. The molecule has 0 unspecified atom stereocenters. The van der Waals surface area contributed by atoms with E-state index in [1.807, 2.05) is 0 Å². The predicted octanol–water partition coefficient (Wildman–Crippen LogP) is 4.64. The van der Waals surface area contributed by atoms with Crippen LogP contribution in [-0.4, -0.2) is 28.7 Å². The second-order valence-corrected chi connectivity index (χ2v) is 9.17. The summed E-state index contributed by atoms with van der Waals surface area (Å²) in [6, 6.07) is 3.83. The third-order valence-electron chi connectivity index (χ3n) is 4.88. The van der Waals surface area contributed by atoms with Crippen LogP contribution in [0, 0.1) is 11.6 Å². The molecule has 2 aromatic heterocycles. The largest absolute Gasteiger partial charge is 0.465 e. The highest BCUT2D eigenvalue weighted by Gasteiger charge is 2.28. The summed E-state index contributed by atoms with van der Waals surface area (Å²) in [6.07, 6.45) is -0.00726. The van der Waals surface area contributed by atoms with E-state index >= 15 is 0 Å². The zero-order chi connectivity index (χ0) is 24.3. The molecule has 176 valence electrons. The van der Waals surface area contributed by atoms with Crippen molar-refractivity contribution in [2.45, 2.75) is 52.7 Å². The molecule has 0 N–H and O–H groups in total. The first-order valence-corrected chi connectivity index (χ1v) is 11.4. The van der Waals surface area contributed by atoms with Crippen LogP contribution >= 0.6 is 11.3 Å². The van der Waals surface area contributed by atoms with E-state index in [1.54, 1.807) is 38.5 Å². The van der Waals surface area contributed by atoms with Gasteiger partial charge in [0.25, 0.3) is 0 Å². The molecule has 0 aliphatic heterocycles. The van der Waals surface area contributed by atoms with Gasteiger partial charge in [0.1, 0.15) is 17.7 Å². The number of hydrogen-bond acceptors (Lipinski definition) is 6. The number of nitrogens with zero attached hydrogens (tertiary/aromatic N) is 1. The van der Waals surface area contributed by atoms with Gasteiger partial charge in [0, 0.05) is 16.5 Å². The highest BCUT2D eigenvalue weighted by molar-refractivity contribution is 7.09. The van der Waals surface area contributed by atoms with Gasteiger partial charge in [0.15, 0.2) is 11.6 Å². The summed E-state index contributed by atoms with van der Waals surface area (Å²) in [4.78, 5) is 38.7. The molecule has 0 bridgehead atoms. The van der Waals surface area contributed by atoms with Gasteiger partial charge in [-0.3, -0.25) is 9.59 Å².